The topological polar surface area (TPSA) is 185 Å². The van der Waals surface area contributed by atoms with Crippen molar-refractivity contribution in [1.82, 2.24) is 35.2 Å². The lowest BCUT2D eigenvalue weighted by atomic mass is 9.98. The van der Waals surface area contributed by atoms with Crippen molar-refractivity contribution < 1.29 is 33.6 Å². The van der Waals surface area contributed by atoms with E-state index in [0.29, 0.717) is 36.6 Å². The van der Waals surface area contributed by atoms with Crippen molar-refractivity contribution in [3.8, 4) is 22.5 Å². The molecule has 0 amide bonds. The van der Waals surface area contributed by atoms with Crippen LogP contribution in [-0.4, -0.2) is 84.4 Å². The summed E-state index contributed by atoms with van der Waals surface area (Å²) in [6.07, 6.45) is 3.13. The summed E-state index contributed by atoms with van der Waals surface area (Å²) in [6.45, 7) is 11.8. The summed E-state index contributed by atoms with van der Waals surface area (Å²) in [5.41, 5.74) is 3.64. The number of carbonyl (C=O) groups excluding carboxylic acids is 2. The Morgan fingerprint density at radius 2 is 1.79 bits per heavy atom. The first-order valence-corrected chi connectivity index (χ1v) is 17.4. The fourth-order valence-corrected chi connectivity index (χ4v) is 5.07. The summed E-state index contributed by atoms with van der Waals surface area (Å²) in [5.74, 6) is 0.641. The van der Waals surface area contributed by atoms with E-state index in [9.17, 15) is 14.8 Å². The van der Waals surface area contributed by atoms with Gasteiger partial charge in [-0.1, -0.05) is 68.8 Å². The predicted octanol–water partition coefficient (Wildman–Crippen LogP) is 6.73. The van der Waals surface area contributed by atoms with E-state index in [2.05, 4.69) is 37.8 Å². The number of aromatic amines is 1. The van der Waals surface area contributed by atoms with Crippen LogP contribution in [0.5, 0.6) is 0 Å². The van der Waals surface area contributed by atoms with Gasteiger partial charge < -0.3 is 28.8 Å². The first kappa shape index (κ1) is 39.2. The molecule has 280 valence electrons. The van der Waals surface area contributed by atoms with E-state index in [1.807, 2.05) is 80.8 Å². The number of aromatic nitrogens is 6. The van der Waals surface area contributed by atoms with Gasteiger partial charge >= 0.3 is 12.1 Å². The number of nitrogens with one attached hydrogen (secondary N) is 1. The van der Waals surface area contributed by atoms with Crippen molar-refractivity contribution in [2.75, 3.05) is 20.3 Å². The van der Waals surface area contributed by atoms with Gasteiger partial charge in [0.25, 0.3) is 0 Å². The smallest absolute Gasteiger partial charge is 0.511 e. The molecule has 0 aliphatic heterocycles. The number of tetrazole rings is 1. The van der Waals surface area contributed by atoms with E-state index in [4.69, 9.17) is 19.0 Å². The molecule has 0 aliphatic carbocycles. The van der Waals surface area contributed by atoms with Crippen LogP contribution in [0.4, 0.5) is 4.79 Å². The lowest BCUT2D eigenvalue weighted by Gasteiger charge is -2.26. The molecule has 0 radical (unpaired) electrons. The van der Waals surface area contributed by atoms with Crippen LogP contribution in [-0.2, 0) is 32.0 Å². The highest BCUT2D eigenvalue weighted by Crippen LogP contribution is 2.30. The highest BCUT2D eigenvalue weighted by molar-refractivity contribution is 5.87. The summed E-state index contributed by atoms with van der Waals surface area (Å²) >= 11 is 0. The number of ether oxygens (including phenoxy) is 3. The molecule has 16 heteroatoms. The zero-order valence-electron chi connectivity index (χ0n) is 30.9. The van der Waals surface area contributed by atoms with Gasteiger partial charge in [-0.25, -0.2) is 19.7 Å². The second-order valence-electron chi connectivity index (χ2n) is 13.5. The Kier molecular flexibility index (Phi) is 14.1. The molecule has 0 fully saturated rings. The minimum absolute atomic E-state index is 0.0140. The van der Waals surface area contributed by atoms with E-state index in [-0.39, 0.29) is 24.8 Å². The zero-order valence-corrected chi connectivity index (χ0v) is 30.9. The quantitative estimate of drug-likeness (QED) is 0.0286. The fourth-order valence-electron chi connectivity index (χ4n) is 5.07. The van der Waals surface area contributed by atoms with Crippen LogP contribution in [0.25, 0.3) is 22.5 Å². The van der Waals surface area contributed by atoms with Crippen LogP contribution in [0.2, 0.25) is 0 Å². The number of benzene rings is 2. The molecule has 0 saturated heterocycles. The second kappa shape index (κ2) is 18.6. The van der Waals surface area contributed by atoms with E-state index in [1.54, 1.807) is 7.05 Å². The fraction of sp³-hybridized carbons (Fsp3) is 0.500. The summed E-state index contributed by atoms with van der Waals surface area (Å²) in [7, 11) is 1.63. The molecule has 0 aliphatic rings. The number of H-pyrrole nitrogens is 1. The third kappa shape index (κ3) is 11.2. The lowest BCUT2D eigenvalue weighted by Crippen LogP contribution is -2.42. The maximum Gasteiger partial charge on any atom is 0.511 e. The number of hydrogen-bond acceptors (Lipinski definition) is 12. The molecule has 2 atom stereocenters. The van der Waals surface area contributed by atoms with Crippen molar-refractivity contribution in [2.45, 2.75) is 92.0 Å². The Hall–Kier alpha value is -5.54. The zero-order chi connectivity index (χ0) is 37.7. The van der Waals surface area contributed by atoms with Gasteiger partial charge in [-0.3, -0.25) is 0 Å². The molecule has 4 aromatic rings. The third-order valence-corrected chi connectivity index (χ3v) is 8.34. The number of aryl methyl sites for hydroxylation is 1. The number of hydrazine groups is 1. The van der Waals surface area contributed by atoms with Crippen molar-refractivity contribution in [1.29, 1.82) is 0 Å². The molecule has 0 saturated carbocycles. The first-order valence-electron chi connectivity index (χ1n) is 17.4. The van der Waals surface area contributed by atoms with Gasteiger partial charge in [0.2, 0.25) is 11.6 Å². The van der Waals surface area contributed by atoms with Crippen LogP contribution < -0.4 is 0 Å². The van der Waals surface area contributed by atoms with Crippen LogP contribution in [0, 0.1) is 11.1 Å². The van der Waals surface area contributed by atoms with Gasteiger partial charge in [0.05, 0.1) is 30.4 Å². The van der Waals surface area contributed by atoms with Crippen molar-refractivity contribution in [2.24, 2.45) is 11.2 Å². The highest BCUT2D eigenvalue weighted by atomic mass is 16.8. The van der Waals surface area contributed by atoms with Crippen LogP contribution in [0.3, 0.4) is 0 Å². The Morgan fingerprint density at radius 3 is 2.46 bits per heavy atom. The highest BCUT2D eigenvalue weighted by Gasteiger charge is 2.25. The van der Waals surface area contributed by atoms with E-state index >= 15 is 0 Å². The molecule has 2 aromatic heterocycles. The molecule has 2 aromatic carbocycles. The van der Waals surface area contributed by atoms with Gasteiger partial charge in [0.1, 0.15) is 18.1 Å². The number of carbonyl (C=O) groups is 2. The maximum atomic E-state index is 13.3. The van der Waals surface area contributed by atoms with Gasteiger partial charge in [-0.15, -0.1) is 10.1 Å². The number of unbranched alkanes of at least 4 members (excludes halogenated alkanes) is 1. The third-order valence-electron chi connectivity index (χ3n) is 8.34. The van der Waals surface area contributed by atoms with Crippen molar-refractivity contribution in [3.63, 3.8) is 0 Å². The first-order chi connectivity index (χ1) is 24.9. The average Bonchev–Trinajstić information content (AvgIpc) is 3.80. The Morgan fingerprint density at radius 1 is 1.06 bits per heavy atom. The number of hydrogen-bond donors (Lipinski definition) is 1. The molecule has 0 spiro atoms. The molecular weight excluding hydrogens is 670 g/mol. The van der Waals surface area contributed by atoms with Gasteiger partial charge in [-0.2, -0.15) is 0 Å². The monoisotopic (exact) mass is 719 g/mol. The summed E-state index contributed by atoms with van der Waals surface area (Å²) in [5, 5.41) is 31.2. The average molecular weight is 720 g/mol. The van der Waals surface area contributed by atoms with Crippen LogP contribution in [0.15, 0.2) is 60.0 Å². The molecule has 4 rings (SSSR count). The van der Waals surface area contributed by atoms with Crippen molar-refractivity contribution in [3.05, 3.63) is 77.0 Å². The summed E-state index contributed by atoms with van der Waals surface area (Å²) in [6, 6.07) is 15.9. The van der Waals surface area contributed by atoms with E-state index < -0.39 is 24.0 Å². The molecule has 0 bridgehead atoms. The normalized spacial score (nSPS) is 12.9. The number of nitrogens with zero attached hydrogens (tertiary/aromatic N) is 8. The molecule has 2 unspecified atom stereocenters. The van der Waals surface area contributed by atoms with Crippen LogP contribution >= 0.6 is 0 Å². The van der Waals surface area contributed by atoms with E-state index in [0.717, 1.165) is 40.9 Å². The number of rotatable bonds is 18. The Balaban J connectivity index is 1.29. The Bertz CT molecular complexity index is 1750. The van der Waals surface area contributed by atoms with E-state index in [1.165, 1.54) is 18.1 Å². The van der Waals surface area contributed by atoms with Gasteiger partial charge in [0.15, 0.2) is 5.82 Å². The maximum absolute atomic E-state index is 13.3. The number of imidazole rings is 1. The minimum atomic E-state index is -1.20. The molecule has 1 N–H and O–H groups in total. The van der Waals surface area contributed by atoms with Gasteiger partial charge in [0, 0.05) is 25.5 Å². The molecule has 16 nitrogen and oxygen atoms in total. The van der Waals surface area contributed by atoms with Crippen LogP contribution in [0.1, 0.15) is 89.1 Å². The van der Waals surface area contributed by atoms with Gasteiger partial charge in [-0.05, 0) is 73.1 Å². The standard InChI is InChI=1S/C36H49N9O7/c1-8-9-16-32-37-22-31(44(32)23-27-17-19-28(20-18-27)29-14-10-11-15-30(29)33-38-40-41-39-33)34(46)51-26(3)52-35(47)49-24-25(2)13-12-21-50-42-45(48)43(7)36(4,5)6/h10-11,14-15,17-20,22,25-26H,8-9,12-13,16,21,23-24H2,1-7H3,(H,38,39,40,41)/b45-42-. The largest absolute Gasteiger partial charge is 0.569 e. The molecular formula is C36H49N9O7. The number of esters is 1. The molecule has 52 heavy (non-hydrogen) atoms. The molecule has 2 heterocycles. The minimum Gasteiger partial charge on any atom is -0.569 e. The summed E-state index contributed by atoms with van der Waals surface area (Å²) < 4.78 is 17.8. The SMILES string of the molecule is CCCCc1ncc(C(=O)OC(C)OC(=O)OCC(C)CCCO/N=[N+](\[O-])N(C)C(C)(C)C)n1Cc1ccc(-c2ccccc2-c2nnn[nH]2)cc1. The lowest BCUT2D eigenvalue weighted by molar-refractivity contribution is -0.719. The predicted molar refractivity (Wildman–Crippen MR) is 190 cm³/mol. The summed E-state index contributed by atoms with van der Waals surface area (Å²) in [4.78, 5) is 35.7. The van der Waals surface area contributed by atoms with Crippen molar-refractivity contribution >= 4 is 12.1 Å². The second-order valence-corrected chi connectivity index (χ2v) is 13.5. The Labute approximate surface area is 303 Å².